The molecule has 0 saturated carbocycles. The van der Waals surface area contributed by atoms with Crippen molar-refractivity contribution in [2.24, 2.45) is 0 Å². The SMILES string of the molecule is O=c1ccn([C@@H]2O[C@H](CO)[C@H](O)[C@H]2n2ccnc2)c(=O)[nH]1. The molecule has 21 heavy (non-hydrogen) atoms. The largest absolute Gasteiger partial charge is 0.394 e. The molecule has 0 radical (unpaired) electrons. The molecule has 4 atom stereocenters. The van der Waals surface area contributed by atoms with Crippen molar-refractivity contribution >= 4 is 0 Å². The fourth-order valence-electron chi connectivity index (χ4n) is 2.51. The number of nitrogens with zero attached hydrogens (tertiary/aromatic N) is 3. The highest BCUT2D eigenvalue weighted by Gasteiger charge is 2.45. The lowest BCUT2D eigenvalue weighted by atomic mass is 10.1. The molecule has 1 saturated heterocycles. The number of rotatable bonds is 3. The number of hydrogen-bond donors (Lipinski definition) is 3. The van der Waals surface area contributed by atoms with Gasteiger partial charge in [0.25, 0.3) is 5.56 Å². The summed E-state index contributed by atoms with van der Waals surface area (Å²) in [7, 11) is 0. The Kier molecular flexibility index (Phi) is 3.45. The molecule has 112 valence electrons. The summed E-state index contributed by atoms with van der Waals surface area (Å²) < 4.78 is 8.33. The first kappa shape index (κ1) is 13.7. The van der Waals surface area contributed by atoms with Crippen molar-refractivity contribution in [1.82, 2.24) is 19.1 Å². The maximum atomic E-state index is 11.9. The van der Waals surface area contributed by atoms with Gasteiger partial charge < -0.3 is 19.5 Å². The normalized spacial score (nSPS) is 28.9. The third kappa shape index (κ3) is 2.31. The van der Waals surface area contributed by atoms with Crippen molar-refractivity contribution in [2.45, 2.75) is 24.5 Å². The monoisotopic (exact) mass is 294 g/mol. The van der Waals surface area contributed by atoms with E-state index in [0.717, 1.165) is 0 Å². The summed E-state index contributed by atoms with van der Waals surface area (Å²) in [6.45, 7) is -0.388. The van der Waals surface area contributed by atoms with Gasteiger partial charge in [-0.25, -0.2) is 9.78 Å². The van der Waals surface area contributed by atoms with Crippen LogP contribution in [0.2, 0.25) is 0 Å². The molecule has 0 bridgehead atoms. The first-order valence-electron chi connectivity index (χ1n) is 6.35. The summed E-state index contributed by atoms with van der Waals surface area (Å²) in [5, 5.41) is 19.6. The van der Waals surface area contributed by atoms with Gasteiger partial charge in [0.1, 0.15) is 18.2 Å². The van der Waals surface area contributed by atoms with Crippen LogP contribution in [0, 0.1) is 0 Å². The summed E-state index contributed by atoms with van der Waals surface area (Å²) in [5.74, 6) is 0. The van der Waals surface area contributed by atoms with Crippen molar-refractivity contribution in [3.63, 3.8) is 0 Å². The first-order valence-corrected chi connectivity index (χ1v) is 6.35. The Morgan fingerprint density at radius 2 is 2.19 bits per heavy atom. The van der Waals surface area contributed by atoms with Crippen molar-refractivity contribution in [1.29, 1.82) is 0 Å². The second-order valence-corrected chi connectivity index (χ2v) is 4.76. The quantitative estimate of drug-likeness (QED) is 0.615. The van der Waals surface area contributed by atoms with Crippen molar-refractivity contribution in [3.8, 4) is 0 Å². The molecular formula is C12H14N4O5. The molecule has 9 heteroatoms. The Morgan fingerprint density at radius 1 is 1.38 bits per heavy atom. The molecule has 0 aromatic carbocycles. The van der Waals surface area contributed by atoms with E-state index in [0.29, 0.717) is 0 Å². The van der Waals surface area contributed by atoms with E-state index in [1.54, 1.807) is 10.8 Å². The summed E-state index contributed by atoms with van der Waals surface area (Å²) in [4.78, 5) is 29.1. The smallest absolute Gasteiger partial charge is 0.330 e. The molecule has 0 aliphatic carbocycles. The molecule has 1 fully saturated rings. The Balaban J connectivity index is 2.06. The molecule has 2 aromatic rings. The Bertz CT molecular complexity index is 722. The van der Waals surface area contributed by atoms with Crippen LogP contribution in [0.5, 0.6) is 0 Å². The molecule has 9 nitrogen and oxygen atoms in total. The van der Waals surface area contributed by atoms with Gasteiger partial charge >= 0.3 is 5.69 Å². The van der Waals surface area contributed by atoms with Crippen molar-refractivity contribution < 1.29 is 14.9 Å². The topological polar surface area (TPSA) is 122 Å². The lowest BCUT2D eigenvalue weighted by molar-refractivity contribution is -0.0477. The van der Waals surface area contributed by atoms with Gasteiger partial charge in [0, 0.05) is 24.7 Å². The molecule has 3 heterocycles. The van der Waals surface area contributed by atoms with Crippen LogP contribution in [-0.4, -0.2) is 48.1 Å². The van der Waals surface area contributed by atoms with Crippen LogP contribution in [0.25, 0.3) is 0 Å². The zero-order chi connectivity index (χ0) is 15.0. The zero-order valence-electron chi connectivity index (χ0n) is 10.9. The molecule has 1 aliphatic rings. The second kappa shape index (κ2) is 5.28. The highest BCUT2D eigenvalue weighted by molar-refractivity contribution is 4.97. The number of aromatic amines is 1. The van der Waals surface area contributed by atoms with E-state index in [-0.39, 0.29) is 6.61 Å². The van der Waals surface area contributed by atoms with E-state index < -0.39 is 35.7 Å². The number of ether oxygens (including phenoxy) is 1. The average molecular weight is 294 g/mol. The molecule has 0 unspecified atom stereocenters. The van der Waals surface area contributed by atoms with Gasteiger partial charge in [-0.3, -0.25) is 14.3 Å². The number of nitrogens with one attached hydrogen (secondary N) is 1. The number of H-pyrrole nitrogens is 1. The van der Waals surface area contributed by atoms with Crippen LogP contribution in [0.4, 0.5) is 0 Å². The van der Waals surface area contributed by atoms with Gasteiger partial charge in [0.05, 0.1) is 12.9 Å². The molecule has 3 N–H and O–H groups in total. The van der Waals surface area contributed by atoms with Gasteiger partial charge in [-0.15, -0.1) is 0 Å². The Hall–Kier alpha value is -2.23. The summed E-state index contributed by atoms with van der Waals surface area (Å²) in [5.41, 5.74) is -1.17. The van der Waals surface area contributed by atoms with E-state index in [2.05, 4.69) is 9.97 Å². The van der Waals surface area contributed by atoms with Crippen LogP contribution < -0.4 is 11.2 Å². The van der Waals surface area contributed by atoms with Gasteiger partial charge in [-0.1, -0.05) is 0 Å². The van der Waals surface area contributed by atoms with E-state index in [9.17, 15) is 19.8 Å². The minimum Gasteiger partial charge on any atom is -0.394 e. The van der Waals surface area contributed by atoms with Gasteiger partial charge in [0.15, 0.2) is 6.23 Å². The summed E-state index contributed by atoms with van der Waals surface area (Å²) in [6, 6.07) is 0.544. The predicted octanol–water partition coefficient (Wildman–Crippen LogP) is -1.77. The van der Waals surface area contributed by atoms with Crippen molar-refractivity contribution in [3.05, 3.63) is 51.8 Å². The maximum absolute atomic E-state index is 11.9. The average Bonchev–Trinajstić information content (AvgIpc) is 3.06. The van der Waals surface area contributed by atoms with E-state index in [1.807, 2.05) is 0 Å². The Labute approximate surface area is 118 Å². The summed E-state index contributed by atoms with van der Waals surface area (Å²) >= 11 is 0. The third-order valence-corrected chi connectivity index (χ3v) is 3.51. The lowest BCUT2D eigenvalue weighted by Crippen LogP contribution is -2.35. The van der Waals surface area contributed by atoms with Crippen LogP contribution in [0.3, 0.4) is 0 Å². The fraction of sp³-hybridized carbons (Fsp3) is 0.417. The van der Waals surface area contributed by atoms with E-state index in [4.69, 9.17) is 4.74 Å². The van der Waals surface area contributed by atoms with Crippen LogP contribution in [0.1, 0.15) is 12.3 Å². The molecule has 0 amide bonds. The molecular weight excluding hydrogens is 280 g/mol. The van der Waals surface area contributed by atoms with Gasteiger partial charge in [-0.05, 0) is 0 Å². The predicted molar refractivity (Wildman–Crippen MR) is 69.6 cm³/mol. The van der Waals surface area contributed by atoms with E-state index in [1.165, 1.54) is 29.4 Å². The van der Waals surface area contributed by atoms with E-state index >= 15 is 0 Å². The molecule has 1 aliphatic heterocycles. The van der Waals surface area contributed by atoms with Crippen molar-refractivity contribution in [2.75, 3.05) is 6.61 Å². The van der Waals surface area contributed by atoms with Crippen LogP contribution >= 0.6 is 0 Å². The number of imidazole rings is 1. The fourth-order valence-corrected chi connectivity index (χ4v) is 2.51. The highest BCUT2D eigenvalue weighted by Crippen LogP contribution is 2.37. The lowest BCUT2D eigenvalue weighted by Gasteiger charge is -2.22. The number of aromatic nitrogens is 4. The summed E-state index contributed by atoms with van der Waals surface area (Å²) in [6.07, 6.45) is 3.22. The standard InChI is InChI=1S/C12H14N4O5/c17-5-7-10(19)9(15-4-2-13-6-15)11(21-7)16-3-1-8(18)14-12(16)20/h1-4,6-7,9-11,17,19H,5H2,(H,14,18,20)/t7-,9-,10+,11-/m1/s1. The second-order valence-electron chi connectivity index (χ2n) is 4.76. The first-order chi connectivity index (χ1) is 10.1. The van der Waals surface area contributed by atoms with Crippen LogP contribution in [-0.2, 0) is 4.74 Å². The van der Waals surface area contributed by atoms with Gasteiger partial charge in [-0.2, -0.15) is 0 Å². The van der Waals surface area contributed by atoms with Gasteiger partial charge in [0.2, 0.25) is 0 Å². The maximum Gasteiger partial charge on any atom is 0.330 e. The highest BCUT2D eigenvalue weighted by atomic mass is 16.5. The molecule has 0 spiro atoms. The minimum absolute atomic E-state index is 0.388. The number of hydrogen-bond acceptors (Lipinski definition) is 6. The molecule has 3 rings (SSSR count). The Morgan fingerprint density at radius 3 is 2.81 bits per heavy atom. The molecule has 2 aromatic heterocycles. The third-order valence-electron chi connectivity index (χ3n) is 3.51. The number of aliphatic hydroxyl groups is 2. The minimum atomic E-state index is -1.02. The van der Waals surface area contributed by atoms with Crippen LogP contribution in [0.15, 0.2) is 40.6 Å². The number of aliphatic hydroxyl groups excluding tert-OH is 2. The zero-order valence-corrected chi connectivity index (χ0v) is 10.9.